The van der Waals surface area contributed by atoms with Gasteiger partial charge in [-0.15, -0.1) is 0 Å². The summed E-state index contributed by atoms with van der Waals surface area (Å²) < 4.78 is 39.2. The van der Waals surface area contributed by atoms with Crippen molar-refractivity contribution in [3.05, 3.63) is 63.7 Å². The number of anilines is 1. The molecule has 0 aliphatic carbocycles. The monoisotopic (exact) mass is 538 g/mol. The molecule has 2 aromatic rings. The minimum Gasteiger partial charge on any atom is -0.374 e. The standard InChI is InChI=1S/C25H26ClF3N4O4/c1-13(2)33(16-5-6-18(19(26)10-16)25(27,28)29)24(37)30-11-14-3-4-15-12-32(23(36)17(15)9-14)20-7-8-21(34)31-22(20)35/h3-6,9-10,13,20,23,36H,7-8,11-12H2,1-2H3,(H,30,37)(H,31,34,35). The number of nitrogens with zero attached hydrogens (tertiary/aromatic N) is 2. The van der Waals surface area contributed by atoms with Crippen molar-refractivity contribution in [2.75, 3.05) is 4.90 Å². The minimum atomic E-state index is -4.60. The quantitative estimate of drug-likeness (QED) is 0.498. The van der Waals surface area contributed by atoms with Gasteiger partial charge < -0.3 is 10.4 Å². The van der Waals surface area contributed by atoms with Crippen LogP contribution in [0.4, 0.5) is 23.7 Å². The Morgan fingerprint density at radius 2 is 1.97 bits per heavy atom. The summed E-state index contributed by atoms with van der Waals surface area (Å²) in [7, 11) is 0. The Labute approximate surface area is 216 Å². The fraction of sp³-hybridized carbons (Fsp3) is 0.400. The number of urea groups is 1. The molecule has 2 aliphatic heterocycles. The Morgan fingerprint density at radius 1 is 1.24 bits per heavy atom. The number of halogens is 4. The molecule has 2 atom stereocenters. The van der Waals surface area contributed by atoms with E-state index >= 15 is 0 Å². The first-order valence-corrected chi connectivity index (χ1v) is 12.1. The van der Waals surface area contributed by atoms with Gasteiger partial charge in [0.05, 0.1) is 16.6 Å². The number of hydrogen-bond donors (Lipinski definition) is 3. The second-order valence-electron chi connectivity index (χ2n) is 9.33. The molecule has 0 bridgehead atoms. The summed E-state index contributed by atoms with van der Waals surface area (Å²) in [5.41, 5.74) is 1.35. The van der Waals surface area contributed by atoms with Crippen molar-refractivity contribution in [2.24, 2.45) is 0 Å². The van der Waals surface area contributed by atoms with Crippen LogP contribution in [0.2, 0.25) is 5.02 Å². The van der Waals surface area contributed by atoms with Crippen molar-refractivity contribution < 1.29 is 32.7 Å². The lowest BCUT2D eigenvalue weighted by molar-refractivity contribution is -0.142. The number of alkyl halides is 3. The highest BCUT2D eigenvalue weighted by molar-refractivity contribution is 6.31. The summed E-state index contributed by atoms with van der Waals surface area (Å²) in [5.74, 6) is -0.771. The molecule has 4 rings (SSSR count). The smallest absolute Gasteiger partial charge is 0.374 e. The molecule has 3 N–H and O–H groups in total. The second-order valence-corrected chi connectivity index (χ2v) is 9.74. The van der Waals surface area contributed by atoms with E-state index in [-0.39, 0.29) is 30.6 Å². The fourth-order valence-electron chi connectivity index (χ4n) is 4.68. The molecule has 4 amide bonds. The van der Waals surface area contributed by atoms with Gasteiger partial charge in [0.2, 0.25) is 11.8 Å². The zero-order valence-electron chi connectivity index (χ0n) is 20.1. The molecular weight excluding hydrogens is 513 g/mol. The van der Waals surface area contributed by atoms with Crippen LogP contribution in [0.15, 0.2) is 36.4 Å². The topological polar surface area (TPSA) is 102 Å². The Bertz CT molecular complexity index is 1240. The molecule has 1 fully saturated rings. The minimum absolute atomic E-state index is 0.0921. The van der Waals surface area contributed by atoms with Crippen LogP contribution in [0.1, 0.15) is 55.2 Å². The van der Waals surface area contributed by atoms with Gasteiger partial charge in [0.25, 0.3) is 0 Å². The predicted molar refractivity (Wildman–Crippen MR) is 129 cm³/mol. The number of nitrogens with one attached hydrogen (secondary N) is 2. The first-order chi connectivity index (χ1) is 17.4. The van der Waals surface area contributed by atoms with Crippen LogP contribution in [0.25, 0.3) is 0 Å². The van der Waals surface area contributed by atoms with Gasteiger partial charge >= 0.3 is 12.2 Å². The van der Waals surface area contributed by atoms with Crippen molar-refractivity contribution >= 4 is 35.1 Å². The van der Waals surface area contributed by atoms with Crippen molar-refractivity contribution in [1.29, 1.82) is 0 Å². The molecule has 0 aromatic heterocycles. The number of piperidine rings is 1. The van der Waals surface area contributed by atoms with Gasteiger partial charge in [-0.2, -0.15) is 13.2 Å². The third kappa shape index (κ3) is 5.58. The third-order valence-corrected chi connectivity index (χ3v) is 6.79. The zero-order chi connectivity index (χ0) is 27.1. The molecule has 37 heavy (non-hydrogen) atoms. The van der Waals surface area contributed by atoms with E-state index in [4.69, 9.17) is 11.6 Å². The summed E-state index contributed by atoms with van der Waals surface area (Å²) in [6, 6.07) is 6.95. The molecule has 0 saturated carbocycles. The average Bonchev–Trinajstić information content (AvgIpc) is 3.12. The first-order valence-electron chi connectivity index (χ1n) is 11.7. The van der Waals surface area contributed by atoms with Crippen molar-refractivity contribution in [2.45, 2.75) is 64.3 Å². The van der Waals surface area contributed by atoms with Gasteiger partial charge in [0.15, 0.2) is 0 Å². The second kappa shape index (κ2) is 10.3. The number of imide groups is 1. The molecule has 12 heteroatoms. The number of carbonyl (C=O) groups is 3. The lowest BCUT2D eigenvalue weighted by atomic mass is 10.0. The van der Waals surface area contributed by atoms with Crippen LogP contribution in [0.3, 0.4) is 0 Å². The Hall–Kier alpha value is -3.15. The van der Waals surface area contributed by atoms with E-state index < -0.39 is 41.0 Å². The van der Waals surface area contributed by atoms with E-state index in [0.29, 0.717) is 24.1 Å². The number of amides is 4. The highest BCUT2D eigenvalue weighted by Crippen LogP contribution is 2.37. The van der Waals surface area contributed by atoms with E-state index in [1.54, 1.807) is 30.9 Å². The van der Waals surface area contributed by atoms with E-state index in [2.05, 4.69) is 10.6 Å². The molecule has 1 saturated heterocycles. The SMILES string of the molecule is CC(C)N(C(=O)NCc1ccc2c(c1)C(O)N(C1CCC(=O)NC1=O)C2)c1ccc(C(F)(F)F)c(Cl)c1. The van der Waals surface area contributed by atoms with Crippen LogP contribution in [-0.2, 0) is 28.9 Å². The van der Waals surface area contributed by atoms with Gasteiger partial charge in [0.1, 0.15) is 6.23 Å². The van der Waals surface area contributed by atoms with E-state index in [9.17, 15) is 32.7 Å². The van der Waals surface area contributed by atoms with E-state index in [0.717, 1.165) is 17.7 Å². The van der Waals surface area contributed by atoms with Crippen LogP contribution in [-0.4, -0.2) is 39.9 Å². The average molecular weight is 539 g/mol. The van der Waals surface area contributed by atoms with Crippen molar-refractivity contribution in [3.8, 4) is 0 Å². The molecule has 198 valence electrons. The maximum atomic E-state index is 13.1. The predicted octanol–water partition coefficient (Wildman–Crippen LogP) is 4.10. The Balaban J connectivity index is 1.45. The van der Waals surface area contributed by atoms with Gasteiger partial charge in [-0.3, -0.25) is 24.7 Å². The molecule has 2 unspecified atom stereocenters. The lowest BCUT2D eigenvalue weighted by Gasteiger charge is -2.31. The summed E-state index contributed by atoms with van der Waals surface area (Å²) >= 11 is 5.84. The third-order valence-electron chi connectivity index (χ3n) is 6.48. The molecule has 0 radical (unpaired) electrons. The number of rotatable bonds is 5. The van der Waals surface area contributed by atoms with Gasteiger partial charge in [-0.05, 0) is 55.7 Å². The lowest BCUT2D eigenvalue weighted by Crippen LogP contribution is -2.51. The van der Waals surface area contributed by atoms with Gasteiger partial charge in [-0.25, -0.2) is 4.79 Å². The highest BCUT2D eigenvalue weighted by atomic mass is 35.5. The van der Waals surface area contributed by atoms with Crippen LogP contribution < -0.4 is 15.5 Å². The van der Waals surface area contributed by atoms with Crippen molar-refractivity contribution in [1.82, 2.24) is 15.5 Å². The number of hydrogen-bond acceptors (Lipinski definition) is 5. The number of fused-ring (bicyclic) bond motifs is 1. The molecule has 2 aromatic carbocycles. The number of aliphatic hydroxyl groups is 1. The number of benzene rings is 2. The normalized spacial score (nSPS) is 20.1. The summed E-state index contributed by atoms with van der Waals surface area (Å²) in [6.45, 7) is 3.88. The zero-order valence-corrected chi connectivity index (χ0v) is 20.9. The Morgan fingerprint density at radius 3 is 2.59 bits per heavy atom. The van der Waals surface area contributed by atoms with Gasteiger partial charge in [-0.1, -0.05) is 23.7 Å². The summed E-state index contributed by atoms with van der Waals surface area (Å²) in [6.07, 6.45) is -5.13. The number of carbonyl (C=O) groups excluding carboxylic acids is 3. The van der Waals surface area contributed by atoms with Crippen LogP contribution in [0, 0.1) is 0 Å². The van der Waals surface area contributed by atoms with Crippen LogP contribution >= 0.6 is 11.6 Å². The Kier molecular flexibility index (Phi) is 7.50. The van der Waals surface area contributed by atoms with Crippen molar-refractivity contribution in [3.63, 3.8) is 0 Å². The molecule has 2 aliphatic rings. The fourth-order valence-corrected chi connectivity index (χ4v) is 4.96. The van der Waals surface area contributed by atoms with Gasteiger partial charge in [0, 0.05) is 36.8 Å². The molecular formula is C25H26ClF3N4O4. The molecule has 8 nitrogen and oxygen atoms in total. The number of aliphatic hydroxyl groups excluding tert-OH is 1. The largest absolute Gasteiger partial charge is 0.417 e. The summed E-state index contributed by atoms with van der Waals surface area (Å²) in [5, 5.41) is 15.4. The van der Waals surface area contributed by atoms with Crippen LogP contribution in [0.5, 0.6) is 0 Å². The highest BCUT2D eigenvalue weighted by Gasteiger charge is 2.40. The van der Waals surface area contributed by atoms with E-state index in [1.165, 1.54) is 11.0 Å². The maximum Gasteiger partial charge on any atom is 0.417 e. The summed E-state index contributed by atoms with van der Waals surface area (Å²) in [4.78, 5) is 39.6. The molecule has 0 spiro atoms. The van der Waals surface area contributed by atoms with E-state index in [1.807, 2.05) is 6.07 Å². The first kappa shape index (κ1) is 26.9. The molecule has 2 heterocycles. The maximum absolute atomic E-state index is 13.1.